The summed E-state index contributed by atoms with van der Waals surface area (Å²) in [5.41, 5.74) is 4.59. The van der Waals surface area contributed by atoms with Crippen molar-refractivity contribution in [2.75, 3.05) is 64.3 Å². The lowest BCUT2D eigenvalue weighted by Crippen LogP contribution is -2.27. The lowest BCUT2D eigenvalue weighted by molar-refractivity contribution is 0.223. The summed E-state index contributed by atoms with van der Waals surface area (Å²) in [6, 6.07) is 11.7. The van der Waals surface area contributed by atoms with Gasteiger partial charge in [0.1, 0.15) is 29.7 Å². The molecule has 1 aliphatic heterocycles. The second kappa shape index (κ2) is 12.6. The molecule has 38 heavy (non-hydrogen) atoms. The number of anilines is 3. The van der Waals surface area contributed by atoms with Gasteiger partial charge in [-0.25, -0.2) is 4.98 Å². The molecule has 0 aliphatic carbocycles. The van der Waals surface area contributed by atoms with Gasteiger partial charge in [0.2, 0.25) is 0 Å². The molecule has 0 saturated carbocycles. The first-order chi connectivity index (χ1) is 18.4. The van der Waals surface area contributed by atoms with Crippen molar-refractivity contribution in [1.29, 1.82) is 0 Å². The Hall–Kier alpha value is -3.13. The first-order valence-electron chi connectivity index (χ1n) is 12.6. The second-order valence-corrected chi connectivity index (χ2v) is 9.72. The molecule has 0 bridgehead atoms. The van der Waals surface area contributed by atoms with Crippen LogP contribution < -0.4 is 24.4 Å². The van der Waals surface area contributed by atoms with Crippen LogP contribution in [0.25, 0.3) is 11.6 Å². The van der Waals surface area contributed by atoms with E-state index in [0.717, 1.165) is 53.7 Å². The van der Waals surface area contributed by atoms with E-state index in [4.69, 9.17) is 37.4 Å². The number of fused-ring (bicyclic) bond motifs is 1. The number of likely N-dealkylation sites (N-methyl/N-ethyl adjacent to an activating group) is 2. The smallest absolute Gasteiger partial charge is 0.141 e. The van der Waals surface area contributed by atoms with Crippen LogP contribution in [-0.4, -0.2) is 63.9 Å². The zero-order chi connectivity index (χ0) is 27.2. The number of rotatable bonds is 11. The Labute approximate surface area is 234 Å². The van der Waals surface area contributed by atoms with Crippen LogP contribution >= 0.6 is 23.2 Å². The number of aromatic nitrogens is 1. The Morgan fingerprint density at radius 1 is 1.00 bits per heavy atom. The molecule has 0 saturated heterocycles. The molecule has 0 spiro atoms. The monoisotopic (exact) mass is 556 g/mol. The molecule has 0 unspecified atom stereocenters. The molecule has 0 radical (unpaired) electrons. The molecule has 2 heterocycles. The van der Waals surface area contributed by atoms with Gasteiger partial charge in [0.25, 0.3) is 0 Å². The van der Waals surface area contributed by atoms with Crippen LogP contribution in [-0.2, 0) is 0 Å². The molecule has 0 amide bonds. The number of nitrogens with zero attached hydrogens (tertiary/aromatic N) is 3. The van der Waals surface area contributed by atoms with Gasteiger partial charge in [-0.2, -0.15) is 0 Å². The fraction of sp³-hybridized carbons (Fsp3) is 0.345. The van der Waals surface area contributed by atoms with Crippen molar-refractivity contribution < 1.29 is 14.2 Å². The molecule has 3 aromatic rings. The van der Waals surface area contributed by atoms with Crippen molar-refractivity contribution in [3.05, 3.63) is 63.8 Å². The predicted octanol–water partition coefficient (Wildman–Crippen LogP) is 6.86. The Balaban J connectivity index is 1.51. The van der Waals surface area contributed by atoms with Crippen LogP contribution in [0.5, 0.6) is 17.2 Å². The Kier molecular flexibility index (Phi) is 9.26. The second-order valence-electron chi connectivity index (χ2n) is 8.96. The van der Waals surface area contributed by atoms with Gasteiger partial charge in [0.05, 0.1) is 24.3 Å². The number of halogens is 2. The van der Waals surface area contributed by atoms with Crippen molar-refractivity contribution in [3.8, 4) is 17.2 Å². The van der Waals surface area contributed by atoms with Crippen molar-refractivity contribution in [2.24, 2.45) is 0 Å². The van der Waals surface area contributed by atoms with Crippen LogP contribution in [0.1, 0.15) is 25.0 Å². The van der Waals surface area contributed by atoms with E-state index < -0.39 is 0 Å². The molecule has 9 heteroatoms. The topological polar surface area (TPSA) is 59.1 Å². The summed E-state index contributed by atoms with van der Waals surface area (Å²) in [6.45, 7) is 8.57. The average molecular weight is 558 g/mol. The standard InChI is InChI=1S/C29H34Cl2N4O3/c1-6-35(7-2)12-13-38-22-10-8-21(9-11-22)33-26-15-23-19(17-32-26)14-20(18-34(23)3)27-28(30)24(36-4)16-25(37-5)29(27)31/h8-11,14-17H,6-7,12-13,18H2,1-5H3,(H,32,33). The molecule has 1 N–H and O–H groups in total. The molecule has 1 aromatic heterocycles. The highest BCUT2D eigenvalue weighted by Crippen LogP contribution is 2.46. The number of pyridine rings is 1. The lowest BCUT2D eigenvalue weighted by Gasteiger charge is -2.29. The number of methoxy groups -OCH3 is 2. The first-order valence-corrected chi connectivity index (χ1v) is 13.4. The zero-order valence-corrected chi connectivity index (χ0v) is 24.0. The van der Waals surface area contributed by atoms with Gasteiger partial charge in [-0.05, 0) is 49.0 Å². The first kappa shape index (κ1) is 27.9. The molecule has 7 nitrogen and oxygen atoms in total. The number of benzene rings is 2. The maximum Gasteiger partial charge on any atom is 0.141 e. The van der Waals surface area contributed by atoms with E-state index in [9.17, 15) is 0 Å². The third-order valence-electron chi connectivity index (χ3n) is 6.65. The van der Waals surface area contributed by atoms with Gasteiger partial charge in [0.15, 0.2) is 0 Å². The minimum atomic E-state index is 0.452. The van der Waals surface area contributed by atoms with Crippen LogP contribution in [0.2, 0.25) is 10.0 Å². The summed E-state index contributed by atoms with van der Waals surface area (Å²) in [5.74, 6) is 2.62. The number of hydrogen-bond acceptors (Lipinski definition) is 7. The molecule has 202 valence electrons. The van der Waals surface area contributed by atoms with Crippen molar-refractivity contribution in [1.82, 2.24) is 9.88 Å². The lowest BCUT2D eigenvalue weighted by atomic mass is 9.97. The van der Waals surface area contributed by atoms with Gasteiger partial charge in [0, 0.05) is 61.0 Å². The number of nitrogens with one attached hydrogen (secondary N) is 1. The van der Waals surface area contributed by atoms with Gasteiger partial charge >= 0.3 is 0 Å². The van der Waals surface area contributed by atoms with Gasteiger partial charge in [-0.3, -0.25) is 0 Å². The quantitative estimate of drug-likeness (QED) is 0.276. The Morgan fingerprint density at radius 3 is 2.26 bits per heavy atom. The van der Waals surface area contributed by atoms with Crippen molar-refractivity contribution in [2.45, 2.75) is 13.8 Å². The minimum absolute atomic E-state index is 0.452. The minimum Gasteiger partial charge on any atom is -0.495 e. The normalized spacial score (nSPS) is 12.7. The highest BCUT2D eigenvalue weighted by atomic mass is 35.5. The van der Waals surface area contributed by atoms with Crippen LogP contribution in [0.15, 0.2) is 42.6 Å². The van der Waals surface area contributed by atoms with E-state index in [2.05, 4.69) is 40.0 Å². The van der Waals surface area contributed by atoms with E-state index >= 15 is 0 Å². The summed E-state index contributed by atoms with van der Waals surface area (Å²) in [4.78, 5) is 9.12. The molecular formula is C29H34Cl2N4O3. The maximum atomic E-state index is 6.67. The van der Waals surface area contributed by atoms with Gasteiger partial charge in [-0.1, -0.05) is 37.0 Å². The molecular weight excluding hydrogens is 523 g/mol. The summed E-state index contributed by atoms with van der Waals surface area (Å²) in [5, 5.41) is 4.29. The van der Waals surface area contributed by atoms with Gasteiger partial charge in [-0.15, -0.1) is 0 Å². The van der Waals surface area contributed by atoms with Crippen LogP contribution in [0.3, 0.4) is 0 Å². The fourth-order valence-electron chi connectivity index (χ4n) is 4.47. The summed E-state index contributed by atoms with van der Waals surface area (Å²) >= 11 is 13.3. The third kappa shape index (κ3) is 6.12. The van der Waals surface area contributed by atoms with E-state index in [1.54, 1.807) is 20.3 Å². The fourth-order valence-corrected chi connectivity index (χ4v) is 5.22. The SMILES string of the molecule is CCN(CC)CCOc1ccc(Nc2cc3c(cn2)C=C(c2c(Cl)c(OC)cc(OC)c2Cl)CN3C)cc1. The molecule has 1 aliphatic rings. The molecule has 2 aromatic carbocycles. The number of ether oxygens (including phenoxy) is 3. The molecule has 0 atom stereocenters. The van der Waals surface area contributed by atoms with Crippen molar-refractivity contribution in [3.63, 3.8) is 0 Å². The summed E-state index contributed by atoms with van der Waals surface area (Å²) < 4.78 is 16.8. The van der Waals surface area contributed by atoms with E-state index in [1.165, 1.54) is 0 Å². The summed E-state index contributed by atoms with van der Waals surface area (Å²) in [6.07, 6.45) is 3.90. The van der Waals surface area contributed by atoms with Gasteiger partial charge < -0.3 is 29.3 Å². The largest absolute Gasteiger partial charge is 0.495 e. The predicted molar refractivity (Wildman–Crippen MR) is 158 cm³/mol. The Bertz CT molecular complexity index is 1270. The highest BCUT2D eigenvalue weighted by Gasteiger charge is 2.24. The van der Waals surface area contributed by atoms with Crippen molar-refractivity contribution >= 4 is 52.0 Å². The Morgan fingerprint density at radius 2 is 1.66 bits per heavy atom. The molecule has 0 fully saturated rings. The average Bonchev–Trinajstić information content (AvgIpc) is 2.92. The van der Waals surface area contributed by atoms with E-state index in [-0.39, 0.29) is 0 Å². The summed E-state index contributed by atoms with van der Waals surface area (Å²) in [7, 11) is 5.17. The zero-order valence-electron chi connectivity index (χ0n) is 22.5. The van der Waals surface area contributed by atoms with Crippen LogP contribution in [0, 0.1) is 0 Å². The van der Waals surface area contributed by atoms with E-state index in [1.807, 2.05) is 43.6 Å². The number of hydrogen-bond donors (Lipinski definition) is 1. The van der Waals surface area contributed by atoms with Crippen LogP contribution in [0.4, 0.5) is 17.2 Å². The molecule has 4 rings (SSSR count). The highest BCUT2D eigenvalue weighted by molar-refractivity contribution is 6.39. The third-order valence-corrected chi connectivity index (χ3v) is 7.40. The van der Waals surface area contributed by atoms with E-state index in [0.29, 0.717) is 40.3 Å². The maximum absolute atomic E-state index is 6.67.